The Morgan fingerprint density at radius 2 is 1.69 bits per heavy atom. The Bertz CT molecular complexity index is 127. The van der Waals surface area contributed by atoms with Crippen molar-refractivity contribution < 1.29 is 31.4 Å². The summed E-state index contributed by atoms with van der Waals surface area (Å²) >= 11 is 0. The molecule has 0 spiro atoms. The van der Waals surface area contributed by atoms with Crippen LogP contribution in [0.3, 0.4) is 0 Å². The summed E-state index contributed by atoms with van der Waals surface area (Å²) in [5, 5.41) is 0. The molecule has 0 radical (unpaired) electrons. The van der Waals surface area contributed by atoms with Gasteiger partial charge in [-0.3, -0.25) is 0 Å². The van der Waals surface area contributed by atoms with Crippen molar-refractivity contribution in [1.82, 2.24) is 0 Å². The van der Waals surface area contributed by atoms with Crippen LogP contribution in [0.25, 0.3) is 0 Å². The van der Waals surface area contributed by atoms with E-state index in [4.69, 9.17) is 0 Å². The summed E-state index contributed by atoms with van der Waals surface area (Å²) in [5.74, 6) is 0. The van der Waals surface area contributed by atoms with E-state index in [1.165, 1.54) is 0 Å². The molecule has 0 aliphatic heterocycles. The number of hydrogen-bond acceptors (Lipinski definition) is 2. The largest absolute Gasteiger partial charge is 0.445 e. The van der Waals surface area contributed by atoms with Gasteiger partial charge in [0.2, 0.25) is 0 Å². The predicted molar refractivity (Wildman–Crippen MR) is 33.7 cm³/mol. The van der Waals surface area contributed by atoms with Crippen molar-refractivity contribution in [3.05, 3.63) is 0 Å². The normalized spacial score (nSPS) is 14.5. The van der Waals surface area contributed by atoms with Crippen molar-refractivity contribution in [1.29, 1.82) is 0 Å². The first-order chi connectivity index (χ1) is 5.98. The Balaban J connectivity index is 3.32. The molecule has 0 aromatic heterocycles. The Hall–Kier alpha value is -0.430. The number of halogens is 5. The van der Waals surface area contributed by atoms with Crippen LogP contribution in [0.4, 0.5) is 22.0 Å². The number of rotatable bonds is 6. The zero-order valence-corrected chi connectivity index (χ0v) is 6.61. The molecule has 2 nitrogen and oxygen atoms in total. The van der Waals surface area contributed by atoms with E-state index in [2.05, 4.69) is 9.47 Å². The van der Waals surface area contributed by atoms with Crippen molar-refractivity contribution in [2.45, 2.75) is 12.5 Å². The van der Waals surface area contributed by atoms with Crippen molar-refractivity contribution in [2.75, 3.05) is 26.5 Å². The van der Waals surface area contributed by atoms with Gasteiger partial charge in [-0.15, -0.1) is 0 Å². The average molecular weight is 208 g/mol. The molecule has 0 heterocycles. The molecule has 1 atom stereocenters. The molecule has 0 saturated carbocycles. The topological polar surface area (TPSA) is 18.5 Å². The van der Waals surface area contributed by atoms with E-state index in [9.17, 15) is 22.0 Å². The maximum absolute atomic E-state index is 11.9. The highest BCUT2D eigenvalue weighted by molar-refractivity contribution is 4.53. The summed E-state index contributed by atoms with van der Waals surface area (Å²) in [5.41, 5.74) is 0. The first kappa shape index (κ1) is 12.6. The summed E-state index contributed by atoms with van der Waals surface area (Å²) in [6, 6.07) is 0. The minimum atomic E-state index is -5.01. The van der Waals surface area contributed by atoms with Crippen LogP contribution in [0.2, 0.25) is 0 Å². The molecule has 0 amide bonds. The maximum atomic E-state index is 11.9. The molecule has 1 unspecified atom stereocenters. The second-order valence-electron chi connectivity index (χ2n) is 2.03. The van der Waals surface area contributed by atoms with Gasteiger partial charge in [-0.2, -0.15) is 13.2 Å². The summed E-state index contributed by atoms with van der Waals surface area (Å²) in [6.07, 6.45) is -8.32. The molecule has 13 heavy (non-hydrogen) atoms. The average Bonchev–Trinajstić information content (AvgIpc) is 2.02. The van der Waals surface area contributed by atoms with Crippen LogP contribution < -0.4 is 0 Å². The highest BCUT2D eigenvalue weighted by Crippen LogP contribution is 2.23. The molecule has 0 N–H and O–H groups in total. The van der Waals surface area contributed by atoms with Crippen LogP contribution >= 0.6 is 0 Å². The Labute approximate surface area is 71.6 Å². The molecular formula is C6H9F5O2. The fraction of sp³-hybridized carbons (Fsp3) is 1.00. The van der Waals surface area contributed by atoms with Gasteiger partial charge in [0.15, 0.2) is 0 Å². The first-order valence-electron chi connectivity index (χ1n) is 3.44. The van der Waals surface area contributed by atoms with E-state index in [-0.39, 0.29) is 13.2 Å². The van der Waals surface area contributed by atoms with Gasteiger partial charge in [-0.05, 0) is 0 Å². The summed E-state index contributed by atoms with van der Waals surface area (Å²) in [7, 11) is 0. The Morgan fingerprint density at radius 1 is 1.08 bits per heavy atom. The Morgan fingerprint density at radius 3 is 2.15 bits per heavy atom. The molecule has 0 rings (SSSR count). The van der Waals surface area contributed by atoms with Gasteiger partial charge in [-0.25, -0.2) is 8.78 Å². The van der Waals surface area contributed by atoms with Crippen LogP contribution in [0.1, 0.15) is 0 Å². The minimum absolute atomic E-state index is 0.230. The predicted octanol–water partition coefficient (Wildman–Crippen LogP) is 1.85. The molecule has 0 aromatic carbocycles. The summed E-state index contributed by atoms with van der Waals surface area (Å²) in [6.45, 7) is -1.79. The van der Waals surface area contributed by atoms with Crippen molar-refractivity contribution in [3.8, 4) is 0 Å². The molecule has 7 heteroatoms. The zero-order chi connectivity index (χ0) is 10.3. The van der Waals surface area contributed by atoms with E-state index in [0.717, 1.165) is 0 Å². The number of hydrogen-bond donors (Lipinski definition) is 0. The Kier molecular flexibility index (Phi) is 5.89. The number of ether oxygens (including phenoxy) is 2. The molecule has 0 aliphatic carbocycles. The standard InChI is InChI=1S/C6H9F5O2/c7-1-2-12-3-4-13-5(8)6(9,10)11/h5H,1-4H2. The van der Waals surface area contributed by atoms with E-state index in [1.807, 2.05) is 0 Å². The van der Waals surface area contributed by atoms with Gasteiger partial charge >= 0.3 is 6.18 Å². The summed E-state index contributed by atoms with van der Waals surface area (Å²) in [4.78, 5) is 0. The maximum Gasteiger partial charge on any atom is 0.445 e. The lowest BCUT2D eigenvalue weighted by atomic mass is 10.6. The molecule has 0 bridgehead atoms. The lowest BCUT2D eigenvalue weighted by Crippen LogP contribution is -2.28. The zero-order valence-electron chi connectivity index (χ0n) is 6.61. The fourth-order valence-electron chi connectivity index (χ4n) is 0.462. The SMILES string of the molecule is FCCOCCOC(F)C(F)(F)F. The molecule has 80 valence electrons. The monoisotopic (exact) mass is 208 g/mol. The van der Waals surface area contributed by atoms with Gasteiger partial charge in [0.05, 0.1) is 19.8 Å². The van der Waals surface area contributed by atoms with E-state index >= 15 is 0 Å². The lowest BCUT2D eigenvalue weighted by Gasteiger charge is -2.12. The third-order valence-electron chi connectivity index (χ3n) is 0.971. The van der Waals surface area contributed by atoms with E-state index in [1.54, 1.807) is 0 Å². The van der Waals surface area contributed by atoms with Gasteiger partial charge in [0.25, 0.3) is 6.36 Å². The highest BCUT2D eigenvalue weighted by Gasteiger charge is 2.41. The molecule has 0 aromatic rings. The summed E-state index contributed by atoms with van der Waals surface area (Å²) < 4.78 is 65.7. The molecule has 0 aliphatic rings. The number of alkyl halides is 5. The van der Waals surface area contributed by atoms with Gasteiger partial charge in [0.1, 0.15) is 6.67 Å². The van der Waals surface area contributed by atoms with Crippen molar-refractivity contribution in [3.63, 3.8) is 0 Å². The third-order valence-corrected chi connectivity index (χ3v) is 0.971. The second-order valence-corrected chi connectivity index (χ2v) is 2.03. The van der Waals surface area contributed by atoms with Crippen LogP contribution in [-0.2, 0) is 9.47 Å². The van der Waals surface area contributed by atoms with Crippen LogP contribution in [0.5, 0.6) is 0 Å². The van der Waals surface area contributed by atoms with Gasteiger partial charge in [0, 0.05) is 0 Å². The first-order valence-corrected chi connectivity index (χ1v) is 3.44. The molecule has 0 fully saturated rings. The molecular weight excluding hydrogens is 199 g/mol. The van der Waals surface area contributed by atoms with Crippen molar-refractivity contribution in [2.24, 2.45) is 0 Å². The van der Waals surface area contributed by atoms with E-state index in [0.29, 0.717) is 0 Å². The lowest BCUT2D eigenvalue weighted by molar-refractivity contribution is -0.266. The van der Waals surface area contributed by atoms with Crippen LogP contribution in [0.15, 0.2) is 0 Å². The molecule has 0 saturated heterocycles. The minimum Gasteiger partial charge on any atom is -0.376 e. The highest BCUT2D eigenvalue weighted by atomic mass is 19.4. The van der Waals surface area contributed by atoms with E-state index < -0.39 is 25.8 Å². The second kappa shape index (κ2) is 6.09. The van der Waals surface area contributed by atoms with Gasteiger partial charge < -0.3 is 9.47 Å². The van der Waals surface area contributed by atoms with Crippen LogP contribution in [-0.4, -0.2) is 39.0 Å². The van der Waals surface area contributed by atoms with Gasteiger partial charge in [-0.1, -0.05) is 0 Å². The van der Waals surface area contributed by atoms with Crippen molar-refractivity contribution >= 4 is 0 Å². The van der Waals surface area contributed by atoms with Crippen LogP contribution in [0, 0.1) is 0 Å². The third kappa shape index (κ3) is 6.71. The smallest absolute Gasteiger partial charge is 0.376 e. The fourth-order valence-corrected chi connectivity index (χ4v) is 0.462. The quantitative estimate of drug-likeness (QED) is 0.489.